The number of benzene rings is 1. The minimum absolute atomic E-state index is 0.0999. The monoisotopic (exact) mass is 291 g/mol. The van der Waals surface area contributed by atoms with Crippen LogP contribution in [-0.2, 0) is 4.79 Å². The molecular formula is C16H25N3O2. The van der Waals surface area contributed by atoms with Crippen molar-refractivity contribution < 1.29 is 9.59 Å². The minimum atomic E-state index is -0.518. The molecule has 1 aromatic rings. The van der Waals surface area contributed by atoms with E-state index in [1.165, 1.54) is 4.90 Å². The van der Waals surface area contributed by atoms with Crippen molar-refractivity contribution in [3.63, 3.8) is 0 Å². The van der Waals surface area contributed by atoms with Crippen molar-refractivity contribution in [2.24, 2.45) is 5.92 Å². The lowest BCUT2D eigenvalue weighted by atomic mass is 10.0. The first kappa shape index (κ1) is 17.0. The highest BCUT2D eigenvalue weighted by Gasteiger charge is 2.23. The van der Waals surface area contributed by atoms with Crippen LogP contribution in [0.15, 0.2) is 18.2 Å². The van der Waals surface area contributed by atoms with Crippen molar-refractivity contribution in [2.45, 2.75) is 33.2 Å². The maximum atomic E-state index is 12.3. The number of hydrogen-bond acceptors (Lipinski definition) is 3. The van der Waals surface area contributed by atoms with Crippen molar-refractivity contribution >= 4 is 17.5 Å². The van der Waals surface area contributed by atoms with Gasteiger partial charge < -0.3 is 16.0 Å². The topological polar surface area (TPSA) is 75.4 Å². The number of nitrogens with one attached hydrogen (secondary N) is 1. The van der Waals surface area contributed by atoms with Crippen molar-refractivity contribution in [3.05, 3.63) is 29.3 Å². The fourth-order valence-corrected chi connectivity index (χ4v) is 2.03. The Morgan fingerprint density at radius 3 is 2.38 bits per heavy atom. The summed E-state index contributed by atoms with van der Waals surface area (Å²) >= 11 is 0. The molecule has 5 heteroatoms. The van der Waals surface area contributed by atoms with E-state index in [-0.39, 0.29) is 11.8 Å². The molecule has 0 saturated heterocycles. The van der Waals surface area contributed by atoms with Crippen LogP contribution in [0.3, 0.4) is 0 Å². The number of nitrogen functional groups attached to an aromatic ring is 1. The SMILES string of the molecule is Cc1ccc(C(=O)NC(CC(C)C)C(=O)N(C)C)cc1N. The van der Waals surface area contributed by atoms with E-state index in [9.17, 15) is 9.59 Å². The third-order valence-electron chi connectivity index (χ3n) is 3.29. The zero-order valence-electron chi connectivity index (χ0n) is 13.4. The van der Waals surface area contributed by atoms with Gasteiger partial charge in [-0.2, -0.15) is 0 Å². The molecule has 0 heterocycles. The number of aryl methyl sites for hydroxylation is 1. The molecule has 1 atom stereocenters. The molecule has 0 radical (unpaired) electrons. The average molecular weight is 291 g/mol. The van der Waals surface area contributed by atoms with Gasteiger partial charge in [-0.1, -0.05) is 19.9 Å². The number of carbonyl (C=O) groups is 2. The number of nitrogens with zero attached hydrogens (tertiary/aromatic N) is 1. The number of hydrogen-bond donors (Lipinski definition) is 2. The Hall–Kier alpha value is -2.04. The van der Waals surface area contributed by atoms with Gasteiger partial charge in [-0.05, 0) is 37.0 Å². The van der Waals surface area contributed by atoms with Gasteiger partial charge in [0.2, 0.25) is 5.91 Å². The molecule has 0 fully saturated rings. The third-order valence-corrected chi connectivity index (χ3v) is 3.29. The second-order valence-electron chi connectivity index (χ2n) is 5.96. The zero-order valence-corrected chi connectivity index (χ0v) is 13.4. The van der Waals surface area contributed by atoms with E-state index in [1.54, 1.807) is 32.3 Å². The Balaban J connectivity index is 2.89. The van der Waals surface area contributed by atoms with Crippen LogP contribution in [0.1, 0.15) is 36.2 Å². The lowest BCUT2D eigenvalue weighted by Crippen LogP contribution is -2.46. The van der Waals surface area contributed by atoms with Crippen LogP contribution in [0, 0.1) is 12.8 Å². The molecule has 116 valence electrons. The number of rotatable bonds is 5. The van der Waals surface area contributed by atoms with Gasteiger partial charge in [0.05, 0.1) is 0 Å². The summed E-state index contributed by atoms with van der Waals surface area (Å²) in [6.07, 6.45) is 0.601. The van der Waals surface area contributed by atoms with Gasteiger partial charge >= 0.3 is 0 Å². The number of carbonyl (C=O) groups excluding carboxylic acids is 2. The van der Waals surface area contributed by atoms with Crippen molar-refractivity contribution in [1.29, 1.82) is 0 Å². The summed E-state index contributed by atoms with van der Waals surface area (Å²) < 4.78 is 0. The van der Waals surface area contributed by atoms with Crippen LogP contribution in [0.25, 0.3) is 0 Å². The molecule has 0 aliphatic heterocycles. The summed E-state index contributed by atoms with van der Waals surface area (Å²) in [5, 5.41) is 2.81. The summed E-state index contributed by atoms with van der Waals surface area (Å²) in [6, 6.07) is 4.63. The Kier molecular flexibility index (Phi) is 5.76. The van der Waals surface area contributed by atoms with Gasteiger partial charge in [0, 0.05) is 25.3 Å². The van der Waals surface area contributed by atoms with Gasteiger partial charge in [-0.25, -0.2) is 0 Å². The largest absolute Gasteiger partial charge is 0.398 e. The number of likely N-dealkylation sites (N-methyl/N-ethyl adjacent to an activating group) is 1. The Labute approximate surface area is 126 Å². The van der Waals surface area contributed by atoms with E-state index >= 15 is 0 Å². The van der Waals surface area contributed by atoms with E-state index < -0.39 is 6.04 Å². The number of anilines is 1. The van der Waals surface area contributed by atoms with Crippen LogP contribution >= 0.6 is 0 Å². The molecule has 1 rings (SSSR count). The molecule has 5 nitrogen and oxygen atoms in total. The number of nitrogens with two attached hydrogens (primary N) is 1. The molecular weight excluding hydrogens is 266 g/mol. The van der Waals surface area contributed by atoms with Crippen molar-refractivity contribution in [2.75, 3.05) is 19.8 Å². The quantitative estimate of drug-likeness (QED) is 0.812. The highest BCUT2D eigenvalue weighted by Crippen LogP contribution is 2.14. The molecule has 21 heavy (non-hydrogen) atoms. The van der Waals surface area contributed by atoms with E-state index in [0.717, 1.165) is 5.56 Å². The van der Waals surface area contributed by atoms with Crippen LogP contribution in [-0.4, -0.2) is 36.9 Å². The molecule has 1 unspecified atom stereocenters. The lowest BCUT2D eigenvalue weighted by Gasteiger charge is -2.23. The van der Waals surface area contributed by atoms with Crippen molar-refractivity contribution in [3.8, 4) is 0 Å². The molecule has 0 spiro atoms. The molecule has 0 aromatic heterocycles. The first-order valence-electron chi connectivity index (χ1n) is 7.10. The fourth-order valence-electron chi connectivity index (χ4n) is 2.03. The first-order valence-corrected chi connectivity index (χ1v) is 7.10. The Morgan fingerprint density at radius 1 is 1.29 bits per heavy atom. The lowest BCUT2D eigenvalue weighted by molar-refractivity contribution is -0.131. The normalized spacial score (nSPS) is 12.1. The highest BCUT2D eigenvalue weighted by atomic mass is 16.2. The van der Waals surface area contributed by atoms with Crippen molar-refractivity contribution in [1.82, 2.24) is 10.2 Å². The summed E-state index contributed by atoms with van der Waals surface area (Å²) in [6.45, 7) is 5.92. The van der Waals surface area contributed by atoms with Gasteiger partial charge in [0.1, 0.15) is 6.04 Å². The van der Waals surface area contributed by atoms with Crippen LogP contribution < -0.4 is 11.1 Å². The molecule has 0 aliphatic rings. The smallest absolute Gasteiger partial charge is 0.252 e. The van der Waals surface area contributed by atoms with E-state index in [2.05, 4.69) is 5.32 Å². The molecule has 0 bridgehead atoms. The molecule has 0 aliphatic carbocycles. The van der Waals surface area contributed by atoms with Crippen LogP contribution in [0.5, 0.6) is 0 Å². The highest BCUT2D eigenvalue weighted by molar-refractivity contribution is 5.98. The van der Waals surface area contributed by atoms with Gasteiger partial charge in [0.15, 0.2) is 0 Å². The van der Waals surface area contributed by atoms with E-state index in [0.29, 0.717) is 23.6 Å². The first-order chi connectivity index (χ1) is 9.72. The van der Waals surface area contributed by atoms with E-state index in [1.807, 2.05) is 20.8 Å². The maximum Gasteiger partial charge on any atom is 0.252 e. The second-order valence-corrected chi connectivity index (χ2v) is 5.96. The predicted molar refractivity (Wildman–Crippen MR) is 85.0 cm³/mol. The Morgan fingerprint density at radius 2 is 1.90 bits per heavy atom. The Bertz CT molecular complexity index is 524. The standard InChI is InChI=1S/C16H25N3O2/c1-10(2)8-14(16(21)19(4)5)18-15(20)12-7-6-11(3)13(17)9-12/h6-7,9-10,14H,8,17H2,1-5H3,(H,18,20). The maximum absolute atomic E-state index is 12.3. The minimum Gasteiger partial charge on any atom is -0.398 e. The summed E-state index contributed by atoms with van der Waals surface area (Å²) in [5.41, 5.74) is 7.79. The summed E-state index contributed by atoms with van der Waals surface area (Å²) in [7, 11) is 3.37. The van der Waals surface area contributed by atoms with Crippen LogP contribution in [0.2, 0.25) is 0 Å². The predicted octanol–water partition coefficient (Wildman–Crippen LogP) is 1.81. The van der Waals surface area contributed by atoms with Gasteiger partial charge in [-0.15, -0.1) is 0 Å². The van der Waals surface area contributed by atoms with E-state index in [4.69, 9.17) is 5.73 Å². The summed E-state index contributed by atoms with van der Waals surface area (Å²) in [4.78, 5) is 25.9. The zero-order chi connectivity index (χ0) is 16.2. The third kappa shape index (κ3) is 4.77. The van der Waals surface area contributed by atoms with Gasteiger partial charge in [0.25, 0.3) is 5.91 Å². The molecule has 3 N–H and O–H groups in total. The van der Waals surface area contributed by atoms with Gasteiger partial charge in [-0.3, -0.25) is 9.59 Å². The summed E-state index contributed by atoms with van der Waals surface area (Å²) in [5.74, 6) is -0.0676. The fraction of sp³-hybridized carbons (Fsp3) is 0.500. The molecule has 2 amide bonds. The average Bonchev–Trinajstić information content (AvgIpc) is 2.39. The molecule has 1 aromatic carbocycles. The number of amides is 2. The second kappa shape index (κ2) is 7.11. The van der Waals surface area contributed by atoms with Crippen LogP contribution in [0.4, 0.5) is 5.69 Å². The molecule has 0 saturated carbocycles.